The molecular weight excluding hydrogens is 218 g/mol. The van der Waals surface area contributed by atoms with Crippen molar-refractivity contribution in [1.82, 2.24) is 10.1 Å². The van der Waals surface area contributed by atoms with Crippen molar-refractivity contribution in [2.24, 2.45) is 5.73 Å². The molecule has 0 saturated heterocycles. The maximum absolute atomic E-state index is 5.89. The first-order valence-electron chi connectivity index (χ1n) is 6.45. The van der Waals surface area contributed by atoms with Crippen LogP contribution < -0.4 is 5.73 Å². The average molecular weight is 239 g/mol. The van der Waals surface area contributed by atoms with Gasteiger partial charge in [0.25, 0.3) is 0 Å². The smallest absolute Gasteiger partial charge is 0.243 e. The quantitative estimate of drug-likeness (QED) is 0.853. The summed E-state index contributed by atoms with van der Waals surface area (Å²) in [5.41, 5.74) is 5.56. The van der Waals surface area contributed by atoms with E-state index in [-0.39, 0.29) is 11.6 Å². The van der Waals surface area contributed by atoms with E-state index in [2.05, 4.69) is 10.1 Å². The molecule has 1 saturated carbocycles. The van der Waals surface area contributed by atoms with Gasteiger partial charge in [-0.3, -0.25) is 0 Å². The van der Waals surface area contributed by atoms with Crippen LogP contribution in [0.1, 0.15) is 63.7 Å². The molecular formula is C12H21N3O2. The fraction of sp³-hybridized carbons (Fsp3) is 0.833. The zero-order chi connectivity index (χ0) is 12.3. The summed E-state index contributed by atoms with van der Waals surface area (Å²) in [6.07, 6.45) is 5.05. The Morgan fingerprint density at radius 1 is 1.41 bits per heavy atom. The first-order valence-corrected chi connectivity index (χ1v) is 6.45. The van der Waals surface area contributed by atoms with Crippen LogP contribution in [0, 0.1) is 0 Å². The lowest BCUT2D eigenvalue weighted by Gasteiger charge is -2.24. The maximum Gasteiger partial charge on any atom is 0.243 e. The second-order valence-corrected chi connectivity index (χ2v) is 4.61. The number of nitrogens with two attached hydrogens (primary N) is 1. The molecule has 1 aromatic rings. The van der Waals surface area contributed by atoms with E-state index in [9.17, 15) is 0 Å². The lowest BCUT2D eigenvalue weighted by molar-refractivity contribution is -0.0469. The van der Waals surface area contributed by atoms with E-state index in [1.54, 1.807) is 0 Å². The summed E-state index contributed by atoms with van der Waals surface area (Å²) >= 11 is 0. The van der Waals surface area contributed by atoms with E-state index in [1.807, 2.05) is 13.8 Å². The molecule has 2 rings (SSSR count). The number of hydrogen-bond acceptors (Lipinski definition) is 5. The molecule has 0 amide bonds. The Labute approximate surface area is 102 Å². The van der Waals surface area contributed by atoms with Gasteiger partial charge in [0.2, 0.25) is 11.7 Å². The van der Waals surface area contributed by atoms with E-state index in [4.69, 9.17) is 15.0 Å². The average Bonchev–Trinajstić information content (AvgIpc) is 2.97. The van der Waals surface area contributed by atoms with Gasteiger partial charge in [0.05, 0.1) is 6.04 Å². The SMILES string of the molecule is CCOC1(c2noc([C@@H](N)CC)n2)CCCC1. The van der Waals surface area contributed by atoms with Gasteiger partial charge in [-0.25, -0.2) is 0 Å². The molecule has 1 aliphatic rings. The lowest BCUT2D eigenvalue weighted by Crippen LogP contribution is -2.27. The molecule has 0 aromatic carbocycles. The van der Waals surface area contributed by atoms with Crippen molar-refractivity contribution in [3.8, 4) is 0 Å². The molecule has 0 unspecified atom stereocenters. The minimum Gasteiger partial charge on any atom is -0.367 e. The van der Waals surface area contributed by atoms with Crippen molar-refractivity contribution in [1.29, 1.82) is 0 Å². The number of rotatable bonds is 5. The molecule has 0 spiro atoms. The molecule has 5 nitrogen and oxygen atoms in total. The van der Waals surface area contributed by atoms with Crippen molar-refractivity contribution >= 4 is 0 Å². The van der Waals surface area contributed by atoms with Crippen LogP contribution in [-0.4, -0.2) is 16.7 Å². The third kappa shape index (κ3) is 2.35. The maximum atomic E-state index is 5.89. The van der Waals surface area contributed by atoms with E-state index in [0.29, 0.717) is 18.3 Å². The standard InChI is InChI=1S/C12H21N3O2/c1-3-9(13)10-14-11(15-17-10)12(16-4-2)7-5-6-8-12/h9H,3-8,13H2,1-2H3/t9-/m0/s1. The predicted octanol–water partition coefficient (Wildman–Crippen LogP) is 2.29. The number of hydrogen-bond donors (Lipinski definition) is 1. The third-order valence-corrected chi connectivity index (χ3v) is 3.44. The fourth-order valence-corrected chi connectivity index (χ4v) is 2.40. The van der Waals surface area contributed by atoms with Crippen molar-refractivity contribution < 1.29 is 9.26 Å². The number of ether oxygens (including phenoxy) is 1. The summed E-state index contributed by atoms with van der Waals surface area (Å²) in [4.78, 5) is 4.43. The van der Waals surface area contributed by atoms with E-state index in [1.165, 1.54) is 0 Å². The molecule has 96 valence electrons. The van der Waals surface area contributed by atoms with Gasteiger partial charge in [-0.1, -0.05) is 12.1 Å². The molecule has 1 fully saturated rings. The highest BCUT2D eigenvalue weighted by Gasteiger charge is 2.41. The summed E-state index contributed by atoms with van der Waals surface area (Å²) in [7, 11) is 0. The third-order valence-electron chi connectivity index (χ3n) is 3.44. The topological polar surface area (TPSA) is 74.2 Å². The summed E-state index contributed by atoms with van der Waals surface area (Å²) in [5.74, 6) is 1.20. The zero-order valence-corrected chi connectivity index (χ0v) is 10.6. The normalized spacial score (nSPS) is 20.6. The summed E-state index contributed by atoms with van der Waals surface area (Å²) in [5, 5.41) is 4.07. The Kier molecular flexibility index (Phi) is 3.79. The van der Waals surface area contributed by atoms with Crippen molar-refractivity contribution in [2.45, 2.75) is 57.6 Å². The van der Waals surface area contributed by atoms with Crippen LogP contribution in [0.3, 0.4) is 0 Å². The summed E-state index contributed by atoms with van der Waals surface area (Å²) in [6, 6.07) is -0.170. The van der Waals surface area contributed by atoms with E-state index in [0.717, 1.165) is 32.1 Å². The minimum absolute atomic E-state index is 0.170. The van der Waals surface area contributed by atoms with Crippen LogP contribution in [0.2, 0.25) is 0 Å². The second kappa shape index (κ2) is 5.14. The second-order valence-electron chi connectivity index (χ2n) is 4.61. The van der Waals surface area contributed by atoms with Gasteiger partial charge in [-0.05, 0) is 39.0 Å². The molecule has 1 aliphatic carbocycles. The van der Waals surface area contributed by atoms with Gasteiger partial charge in [0.1, 0.15) is 5.60 Å². The number of aromatic nitrogens is 2. The molecule has 0 radical (unpaired) electrons. The first kappa shape index (κ1) is 12.5. The van der Waals surface area contributed by atoms with Crippen molar-refractivity contribution in [2.75, 3.05) is 6.61 Å². The minimum atomic E-state index is -0.329. The van der Waals surface area contributed by atoms with Gasteiger partial charge in [0.15, 0.2) is 0 Å². The Balaban J connectivity index is 2.22. The highest BCUT2D eigenvalue weighted by molar-refractivity contribution is 5.05. The van der Waals surface area contributed by atoms with E-state index >= 15 is 0 Å². The van der Waals surface area contributed by atoms with E-state index < -0.39 is 0 Å². The predicted molar refractivity (Wildman–Crippen MR) is 63.3 cm³/mol. The highest BCUT2D eigenvalue weighted by Crippen LogP contribution is 2.40. The van der Waals surface area contributed by atoms with Gasteiger partial charge < -0.3 is 15.0 Å². The molecule has 17 heavy (non-hydrogen) atoms. The van der Waals surface area contributed by atoms with Gasteiger partial charge in [-0.2, -0.15) is 4.98 Å². The fourth-order valence-electron chi connectivity index (χ4n) is 2.40. The van der Waals surface area contributed by atoms with Crippen LogP contribution in [0.5, 0.6) is 0 Å². The molecule has 5 heteroatoms. The Bertz CT molecular complexity index is 358. The highest BCUT2D eigenvalue weighted by atomic mass is 16.5. The molecule has 0 aliphatic heterocycles. The molecule has 1 heterocycles. The lowest BCUT2D eigenvalue weighted by atomic mass is 10.0. The zero-order valence-electron chi connectivity index (χ0n) is 10.6. The summed E-state index contributed by atoms with van der Waals surface area (Å²) in [6.45, 7) is 4.67. The number of nitrogens with zero attached hydrogens (tertiary/aromatic N) is 2. The van der Waals surface area contributed by atoms with Crippen LogP contribution >= 0.6 is 0 Å². The Morgan fingerprint density at radius 3 is 2.71 bits per heavy atom. The van der Waals surface area contributed by atoms with Crippen molar-refractivity contribution in [3.05, 3.63) is 11.7 Å². The van der Waals surface area contributed by atoms with Crippen LogP contribution in [0.25, 0.3) is 0 Å². The Hall–Kier alpha value is -0.940. The molecule has 1 aromatic heterocycles. The van der Waals surface area contributed by atoms with Crippen LogP contribution in [0.4, 0.5) is 0 Å². The van der Waals surface area contributed by atoms with Gasteiger partial charge in [0, 0.05) is 6.61 Å². The van der Waals surface area contributed by atoms with Crippen LogP contribution in [0.15, 0.2) is 4.52 Å². The van der Waals surface area contributed by atoms with Gasteiger partial charge in [-0.15, -0.1) is 0 Å². The van der Waals surface area contributed by atoms with Crippen LogP contribution in [-0.2, 0) is 10.3 Å². The molecule has 0 bridgehead atoms. The van der Waals surface area contributed by atoms with Gasteiger partial charge >= 0.3 is 0 Å². The van der Waals surface area contributed by atoms with Crippen molar-refractivity contribution in [3.63, 3.8) is 0 Å². The monoisotopic (exact) mass is 239 g/mol. The summed E-state index contributed by atoms with van der Waals surface area (Å²) < 4.78 is 11.1. The molecule has 2 N–H and O–H groups in total. The first-order chi connectivity index (χ1) is 8.22. The Morgan fingerprint density at radius 2 is 2.12 bits per heavy atom. The molecule has 1 atom stereocenters. The largest absolute Gasteiger partial charge is 0.367 e.